The van der Waals surface area contributed by atoms with E-state index in [4.69, 9.17) is 9.16 Å². The standard InChI is InChI=1S/C21H34N2O3Si/c1-19(2,3)21(15-22,26-27(7)8)17(14-16-12-10-9-11-13-16)23-18(24)25-20(4,5)6/h9-13,17,27H,14H2,1-8H3,(H,23,24). The summed E-state index contributed by atoms with van der Waals surface area (Å²) in [5.41, 5.74) is -1.27. The molecule has 2 unspecified atom stereocenters. The summed E-state index contributed by atoms with van der Waals surface area (Å²) in [5, 5.41) is 13.1. The van der Waals surface area contributed by atoms with E-state index in [9.17, 15) is 10.1 Å². The summed E-state index contributed by atoms with van der Waals surface area (Å²) in [6.07, 6.45) is -0.0622. The number of nitriles is 1. The van der Waals surface area contributed by atoms with Crippen molar-refractivity contribution in [3.8, 4) is 6.07 Å². The van der Waals surface area contributed by atoms with E-state index in [-0.39, 0.29) is 0 Å². The Kier molecular flexibility index (Phi) is 7.64. The lowest BCUT2D eigenvalue weighted by atomic mass is 9.71. The maximum Gasteiger partial charge on any atom is 0.408 e. The van der Waals surface area contributed by atoms with Crippen LogP contribution in [-0.4, -0.2) is 32.4 Å². The Bertz CT molecular complexity index is 657. The van der Waals surface area contributed by atoms with Crippen molar-refractivity contribution < 1.29 is 14.0 Å². The highest BCUT2D eigenvalue weighted by atomic mass is 28.3. The van der Waals surface area contributed by atoms with Gasteiger partial charge in [0.25, 0.3) is 0 Å². The minimum absolute atomic E-state index is 0.478. The Hall–Kier alpha value is -1.84. The monoisotopic (exact) mass is 390 g/mol. The largest absolute Gasteiger partial charge is 0.444 e. The fraction of sp³-hybridized carbons (Fsp3) is 0.619. The Morgan fingerprint density at radius 3 is 2.11 bits per heavy atom. The Morgan fingerprint density at radius 1 is 1.15 bits per heavy atom. The molecule has 0 heterocycles. The molecule has 0 fully saturated rings. The third kappa shape index (κ3) is 6.67. The first-order valence-corrected chi connectivity index (χ1v) is 12.2. The molecule has 1 aromatic carbocycles. The number of ether oxygens (including phenoxy) is 1. The van der Waals surface area contributed by atoms with E-state index in [0.29, 0.717) is 6.42 Å². The highest BCUT2D eigenvalue weighted by molar-refractivity contribution is 6.48. The third-order valence-electron chi connectivity index (χ3n) is 4.17. The first kappa shape index (κ1) is 23.2. The molecule has 0 aliphatic rings. The molecule has 27 heavy (non-hydrogen) atoms. The number of hydrogen-bond donors (Lipinski definition) is 1. The Labute approximate surface area is 165 Å². The van der Waals surface area contributed by atoms with E-state index < -0.39 is 37.8 Å². The van der Waals surface area contributed by atoms with Crippen LogP contribution < -0.4 is 5.32 Å². The number of amides is 1. The van der Waals surface area contributed by atoms with Crippen molar-refractivity contribution in [1.82, 2.24) is 5.32 Å². The second-order valence-electron chi connectivity index (χ2n) is 9.15. The maximum atomic E-state index is 12.5. The Morgan fingerprint density at radius 2 is 1.70 bits per heavy atom. The molecule has 0 bridgehead atoms. The molecule has 2 atom stereocenters. The van der Waals surface area contributed by atoms with Gasteiger partial charge in [-0.15, -0.1) is 0 Å². The highest BCUT2D eigenvalue weighted by Crippen LogP contribution is 2.38. The zero-order chi connectivity index (χ0) is 20.9. The van der Waals surface area contributed by atoms with Gasteiger partial charge in [-0.05, 0) is 45.8 Å². The lowest BCUT2D eigenvalue weighted by molar-refractivity contribution is -0.0218. The maximum absolute atomic E-state index is 12.5. The van der Waals surface area contributed by atoms with Crippen LogP contribution in [0.25, 0.3) is 0 Å². The summed E-state index contributed by atoms with van der Waals surface area (Å²) in [5.74, 6) is 0. The van der Waals surface area contributed by atoms with Gasteiger partial charge in [-0.1, -0.05) is 51.1 Å². The van der Waals surface area contributed by atoms with Crippen LogP contribution >= 0.6 is 0 Å². The van der Waals surface area contributed by atoms with Crippen LogP contribution in [0.4, 0.5) is 4.79 Å². The van der Waals surface area contributed by atoms with Gasteiger partial charge in [0.05, 0.1) is 12.1 Å². The second-order valence-corrected chi connectivity index (χ2v) is 11.5. The van der Waals surface area contributed by atoms with Crippen LogP contribution in [0.15, 0.2) is 30.3 Å². The number of rotatable bonds is 6. The number of alkyl carbamates (subject to hydrolysis) is 1. The SMILES string of the molecule is C[SiH](C)OC(C#N)(C(Cc1ccccc1)NC(=O)OC(C)(C)C)C(C)(C)C. The normalized spacial score (nSPS) is 15.6. The molecule has 6 heteroatoms. The van der Waals surface area contributed by atoms with Crippen molar-refractivity contribution >= 4 is 15.1 Å². The van der Waals surface area contributed by atoms with Crippen molar-refractivity contribution in [2.75, 3.05) is 0 Å². The summed E-state index contributed by atoms with van der Waals surface area (Å²) < 4.78 is 11.8. The van der Waals surface area contributed by atoms with Gasteiger partial charge in [0.1, 0.15) is 5.60 Å². The molecule has 0 saturated heterocycles. The van der Waals surface area contributed by atoms with Crippen molar-refractivity contribution in [3.05, 3.63) is 35.9 Å². The minimum atomic E-state index is -1.58. The van der Waals surface area contributed by atoms with Crippen LogP contribution in [0.2, 0.25) is 13.1 Å². The van der Waals surface area contributed by atoms with Crippen molar-refractivity contribution in [1.29, 1.82) is 5.26 Å². The van der Waals surface area contributed by atoms with Gasteiger partial charge < -0.3 is 14.5 Å². The minimum Gasteiger partial charge on any atom is -0.444 e. The van der Waals surface area contributed by atoms with Gasteiger partial charge in [0, 0.05) is 5.41 Å². The summed E-state index contributed by atoms with van der Waals surface area (Å²) in [6, 6.07) is 11.7. The first-order chi connectivity index (χ1) is 12.3. The average Bonchev–Trinajstić information content (AvgIpc) is 2.49. The molecule has 0 radical (unpaired) electrons. The molecule has 1 N–H and O–H groups in total. The van der Waals surface area contributed by atoms with Crippen molar-refractivity contribution in [2.45, 2.75) is 78.3 Å². The van der Waals surface area contributed by atoms with Crippen LogP contribution in [0.3, 0.4) is 0 Å². The number of carbonyl (C=O) groups is 1. The molecule has 150 valence electrons. The van der Waals surface area contributed by atoms with Gasteiger partial charge in [-0.25, -0.2) is 4.79 Å². The van der Waals surface area contributed by atoms with E-state index in [1.165, 1.54) is 0 Å². The summed E-state index contributed by atoms with van der Waals surface area (Å²) >= 11 is 0. The molecule has 0 spiro atoms. The quantitative estimate of drug-likeness (QED) is 0.729. The predicted molar refractivity (Wildman–Crippen MR) is 111 cm³/mol. The molecule has 1 amide bonds. The number of nitrogens with one attached hydrogen (secondary N) is 1. The molecule has 0 aromatic heterocycles. The van der Waals surface area contributed by atoms with E-state index in [2.05, 4.69) is 11.4 Å². The van der Waals surface area contributed by atoms with Gasteiger partial charge in [-0.2, -0.15) is 5.26 Å². The number of hydrogen-bond acceptors (Lipinski definition) is 4. The third-order valence-corrected chi connectivity index (χ3v) is 5.01. The van der Waals surface area contributed by atoms with Crippen LogP contribution in [0, 0.1) is 16.7 Å². The smallest absolute Gasteiger partial charge is 0.408 e. The highest BCUT2D eigenvalue weighted by Gasteiger charge is 2.51. The zero-order valence-corrected chi connectivity index (χ0v) is 19.1. The van der Waals surface area contributed by atoms with Gasteiger partial charge >= 0.3 is 6.09 Å². The Balaban J connectivity index is 3.34. The number of benzene rings is 1. The van der Waals surface area contributed by atoms with Crippen molar-refractivity contribution in [2.24, 2.45) is 5.41 Å². The molecule has 0 aliphatic carbocycles. The first-order valence-electron chi connectivity index (χ1n) is 9.43. The predicted octanol–water partition coefficient (Wildman–Crippen LogP) is 4.43. The molecular weight excluding hydrogens is 356 g/mol. The van der Waals surface area contributed by atoms with Crippen LogP contribution in [0.5, 0.6) is 0 Å². The van der Waals surface area contributed by atoms with Gasteiger partial charge in [0.2, 0.25) is 0 Å². The summed E-state index contributed by atoms with van der Waals surface area (Å²) in [6.45, 7) is 15.4. The second kappa shape index (κ2) is 8.90. The topological polar surface area (TPSA) is 71.3 Å². The van der Waals surface area contributed by atoms with Gasteiger partial charge in [0.15, 0.2) is 14.6 Å². The summed E-state index contributed by atoms with van der Waals surface area (Å²) in [4.78, 5) is 12.5. The van der Waals surface area contributed by atoms with E-state index >= 15 is 0 Å². The van der Waals surface area contributed by atoms with Gasteiger partial charge in [-0.3, -0.25) is 0 Å². The number of carbonyl (C=O) groups excluding carboxylic acids is 1. The number of nitrogens with zero attached hydrogens (tertiary/aromatic N) is 1. The molecule has 5 nitrogen and oxygen atoms in total. The molecule has 0 aliphatic heterocycles. The molecular formula is C21H34N2O3Si. The lowest BCUT2D eigenvalue weighted by Crippen LogP contribution is -2.62. The average molecular weight is 391 g/mol. The molecule has 0 saturated carbocycles. The fourth-order valence-electron chi connectivity index (χ4n) is 3.02. The molecule has 1 rings (SSSR count). The van der Waals surface area contributed by atoms with E-state index in [1.54, 1.807) is 0 Å². The van der Waals surface area contributed by atoms with Crippen LogP contribution in [-0.2, 0) is 15.6 Å². The van der Waals surface area contributed by atoms with Crippen molar-refractivity contribution in [3.63, 3.8) is 0 Å². The van der Waals surface area contributed by atoms with E-state index in [1.807, 2.05) is 85.0 Å². The van der Waals surface area contributed by atoms with Crippen LogP contribution in [0.1, 0.15) is 47.1 Å². The lowest BCUT2D eigenvalue weighted by Gasteiger charge is -2.46. The zero-order valence-electron chi connectivity index (χ0n) is 17.9. The molecule has 1 aromatic rings. The fourth-order valence-corrected chi connectivity index (χ4v) is 4.34. The summed E-state index contributed by atoms with van der Waals surface area (Å²) in [7, 11) is -1.58. The van der Waals surface area contributed by atoms with E-state index in [0.717, 1.165) is 5.56 Å².